The SMILES string of the molecule is CCCCCCCCCCCCCC/C=C\CCCCCCCCCCCCC(O)CC(=O)NC(CO)C(O)CCCCCCCCCCC. The molecule has 3 atom stereocenters. The molecule has 5 nitrogen and oxygen atoms in total. The third-order valence-corrected chi connectivity index (χ3v) is 10.6. The van der Waals surface area contributed by atoms with Gasteiger partial charge >= 0.3 is 0 Å². The van der Waals surface area contributed by atoms with Crippen molar-refractivity contribution in [3.05, 3.63) is 12.2 Å². The highest BCUT2D eigenvalue weighted by Crippen LogP contribution is 2.16. The second-order valence-electron chi connectivity index (χ2n) is 15.7. The van der Waals surface area contributed by atoms with Crippen LogP contribution >= 0.6 is 0 Å². The van der Waals surface area contributed by atoms with Crippen LogP contribution in [0, 0.1) is 0 Å². The van der Waals surface area contributed by atoms with Gasteiger partial charge in [0.1, 0.15) is 0 Å². The third-order valence-electron chi connectivity index (χ3n) is 10.6. The average molecular weight is 708 g/mol. The highest BCUT2D eigenvalue weighted by Gasteiger charge is 2.21. The Labute approximate surface area is 312 Å². The van der Waals surface area contributed by atoms with E-state index in [4.69, 9.17) is 0 Å². The molecule has 0 fully saturated rings. The van der Waals surface area contributed by atoms with Crippen LogP contribution in [-0.4, -0.2) is 46.1 Å². The molecule has 0 aliphatic carbocycles. The van der Waals surface area contributed by atoms with Crippen LogP contribution in [0.2, 0.25) is 0 Å². The molecule has 0 saturated heterocycles. The molecule has 4 N–H and O–H groups in total. The zero-order valence-corrected chi connectivity index (χ0v) is 33.8. The van der Waals surface area contributed by atoms with Gasteiger partial charge in [0, 0.05) is 0 Å². The number of carbonyl (C=O) groups is 1. The summed E-state index contributed by atoms with van der Waals surface area (Å²) in [4.78, 5) is 12.4. The first-order valence-corrected chi connectivity index (χ1v) is 22.5. The molecule has 0 aliphatic rings. The Morgan fingerprint density at radius 3 is 1.16 bits per heavy atom. The van der Waals surface area contributed by atoms with Gasteiger partial charge in [-0.05, 0) is 38.5 Å². The minimum atomic E-state index is -0.744. The molecule has 1 amide bonds. The molecule has 5 heteroatoms. The lowest BCUT2D eigenvalue weighted by atomic mass is 10.0. The fraction of sp³-hybridized carbons (Fsp3) is 0.933. The number of allylic oxidation sites excluding steroid dienone is 2. The first-order chi connectivity index (χ1) is 24.5. The van der Waals surface area contributed by atoms with Crippen LogP contribution in [0.5, 0.6) is 0 Å². The van der Waals surface area contributed by atoms with Gasteiger partial charge in [-0.2, -0.15) is 0 Å². The van der Waals surface area contributed by atoms with E-state index < -0.39 is 18.2 Å². The van der Waals surface area contributed by atoms with Gasteiger partial charge in [0.05, 0.1) is 31.3 Å². The summed E-state index contributed by atoms with van der Waals surface area (Å²) in [5.41, 5.74) is 0. The lowest BCUT2D eigenvalue weighted by Gasteiger charge is -2.23. The van der Waals surface area contributed by atoms with Gasteiger partial charge in [0.25, 0.3) is 0 Å². The van der Waals surface area contributed by atoms with Gasteiger partial charge in [-0.1, -0.05) is 212 Å². The van der Waals surface area contributed by atoms with Crippen molar-refractivity contribution >= 4 is 5.91 Å². The molecule has 298 valence electrons. The second kappa shape index (κ2) is 40.9. The Morgan fingerprint density at radius 2 is 0.800 bits per heavy atom. The van der Waals surface area contributed by atoms with Crippen molar-refractivity contribution < 1.29 is 20.1 Å². The predicted octanol–water partition coefficient (Wildman–Crippen LogP) is 12.8. The maximum Gasteiger partial charge on any atom is 0.222 e. The van der Waals surface area contributed by atoms with Gasteiger partial charge in [0.2, 0.25) is 5.91 Å². The van der Waals surface area contributed by atoms with Gasteiger partial charge < -0.3 is 20.6 Å². The largest absolute Gasteiger partial charge is 0.394 e. The standard InChI is InChI=1S/C45H89NO4/c1-3-5-7-9-11-13-14-15-16-17-18-19-20-21-22-23-24-25-26-27-28-29-31-32-34-36-38-42(48)40-45(50)46-43(41-47)44(49)39-37-35-33-30-12-10-8-6-4-2/h21-22,42-44,47-49H,3-20,23-41H2,1-2H3,(H,46,50)/b22-21-. The highest BCUT2D eigenvalue weighted by atomic mass is 16.3. The summed E-state index contributed by atoms with van der Waals surface area (Å²) in [5, 5.41) is 33.2. The van der Waals surface area contributed by atoms with Gasteiger partial charge in [-0.25, -0.2) is 0 Å². The molecule has 0 saturated carbocycles. The first kappa shape index (κ1) is 49.1. The topological polar surface area (TPSA) is 89.8 Å². The summed E-state index contributed by atoms with van der Waals surface area (Å²) in [5.74, 6) is -0.284. The number of hydrogen-bond donors (Lipinski definition) is 4. The molecule has 0 aliphatic heterocycles. The zero-order valence-electron chi connectivity index (χ0n) is 33.8. The Bertz CT molecular complexity index is 699. The predicted molar refractivity (Wildman–Crippen MR) is 218 cm³/mol. The van der Waals surface area contributed by atoms with Crippen molar-refractivity contribution in [2.45, 2.75) is 263 Å². The van der Waals surface area contributed by atoms with E-state index in [1.807, 2.05) is 0 Å². The van der Waals surface area contributed by atoms with Crippen LogP contribution in [0.1, 0.15) is 245 Å². The van der Waals surface area contributed by atoms with E-state index in [0.29, 0.717) is 12.8 Å². The van der Waals surface area contributed by atoms with E-state index in [0.717, 1.165) is 25.7 Å². The van der Waals surface area contributed by atoms with Gasteiger partial charge in [0.15, 0.2) is 0 Å². The summed E-state index contributed by atoms with van der Waals surface area (Å²) in [7, 11) is 0. The van der Waals surface area contributed by atoms with Crippen LogP contribution in [0.4, 0.5) is 0 Å². The summed E-state index contributed by atoms with van der Waals surface area (Å²) >= 11 is 0. The summed E-state index contributed by atoms with van der Waals surface area (Å²) in [6.07, 6.45) is 47.7. The molecular formula is C45H89NO4. The number of carbonyl (C=O) groups excluding carboxylic acids is 1. The van der Waals surface area contributed by atoms with Crippen molar-refractivity contribution in [2.24, 2.45) is 0 Å². The lowest BCUT2D eigenvalue weighted by molar-refractivity contribution is -0.125. The quantitative estimate of drug-likeness (QED) is 0.0376. The molecule has 0 radical (unpaired) electrons. The number of nitrogens with one attached hydrogen (secondary N) is 1. The Morgan fingerprint density at radius 1 is 0.480 bits per heavy atom. The smallest absolute Gasteiger partial charge is 0.222 e. The summed E-state index contributed by atoms with van der Waals surface area (Å²) in [6, 6.07) is -0.653. The fourth-order valence-electron chi connectivity index (χ4n) is 7.11. The van der Waals surface area contributed by atoms with Crippen molar-refractivity contribution in [3.63, 3.8) is 0 Å². The Kier molecular flexibility index (Phi) is 40.1. The average Bonchev–Trinajstić information content (AvgIpc) is 3.11. The Balaban J connectivity index is 3.51. The minimum absolute atomic E-state index is 0.0382. The van der Waals surface area contributed by atoms with E-state index in [-0.39, 0.29) is 18.9 Å². The molecule has 0 aromatic heterocycles. The maximum absolute atomic E-state index is 12.4. The van der Waals surface area contributed by atoms with E-state index in [9.17, 15) is 20.1 Å². The third kappa shape index (κ3) is 36.9. The summed E-state index contributed by atoms with van der Waals surface area (Å²) in [6.45, 7) is 4.25. The van der Waals surface area contributed by atoms with Crippen molar-refractivity contribution in [3.8, 4) is 0 Å². The molecule has 0 aromatic carbocycles. The van der Waals surface area contributed by atoms with E-state index in [1.165, 1.54) is 186 Å². The number of unbranched alkanes of at least 4 members (excludes halogenated alkanes) is 30. The fourth-order valence-corrected chi connectivity index (χ4v) is 7.11. The van der Waals surface area contributed by atoms with Crippen LogP contribution in [0.25, 0.3) is 0 Å². The minimum Gasteiger partial charge on any atom is -0.394 e. The van der Waals surface area contributed by atoms with Crippen LogP contribution < -0.4 is 5.32 Å². The molecule has 0 rings (SSSR count). The molecule has 3 unspecified atom stereocenters. The number of aliphatic hydroxyl groups excluding tert-OH is 3. The number of rotatable bonds is 41. The number of amides is 1. The Hall–Kier alpha value is -0.910. The van der Waals surface area contributed by atoms with Crippen LogP contribution in [-0.2, 0) is 4.79 Å². The lowest BCUT2D eigenvalue weighted by Crippen LogP contribution is -2.46. The normalized spacial score (nSPS) is 13.6. The maximum atomic E-state index is 12.4. The highest BCUT2D eigenvalue weighted by molar-refractivity contribution is 5.76. The van der Waals surface area contributed by atoms with Gasteiger partial charge in [-0.3, -0.25) is 4.79 Å². The van der Waals surface area contributed by atoms with E-state index in [1.54, 1.807) is 0 Å². The first-order valence-electron chi connectivity index (χ1n) is 22.5. The number of aliphatic hydroxyl groups is 3. The molecule has 50 heavy (non-hydrogen) atoms. The van der Waals surface area contributed by atoms with Crippen molar-refractivity contribution in [1.29, 1.82) is 0 Å². The summed E-state index contributed by atoms with van der Waals surface area (Å²) < 4.78 is 0. The zero-order chi connectivity index (χ0) is 36.6. The van der Waals surface area contributed by atoms with Gasteiger partial charge in [-0.15, -0.1) is 0 Å². The molecule has 0 bridgehead atoms. The van der Waals surface area contributed by atoms with E-state index in [2.05, 4.69) is 31.3 Å². The van der Waals surface area contributed by atoms with E-state index >= 15 is 0 Å². The van der Waals surface area contributed by atoms with Crippen molar-refractivity contribution in [2.75, 3.05) is 6.61 Å². The molecule has 0 aromatic rings. The second-order valence-corrected chi connectivity index (χ2v) is 15.7. The van der Waals surface area contributed by atoms with Crippen LogP contribution in [0.3, 0.4) is 0 Å². The monoisotopic (exact) mass is 708 g/mol. The molecule has 0 spiro atoms. The molecular weight excluding hydrogens is 618 g/mol. The van der Waals surface area contributed by atoms with Crippen molar-refractivity contribution in [1.82, 2.24) is 5.32 Å². The number of hydrogen-bond acceptors (Lipinski definition) is 4. The molecule has 0 heterocycles. The van der Waals surface area contributed by atoms with Crippen LogP contribution in [0.15, 0.2) is 12.2 Å².